The maximum Gasteiger partial charge on any atom is 0.122 e. The highest BCUT2D eigenvalue weighted by atomic mass is 19.1. The number of rotatable bonds is 2. The first kappa shape index (κ1) is 7.48. The van der Waals surface area contributed by atoms with Crippen molar-refractivity contribution in [3.8, 4) is 0 Å². The average molecular weight is 141 g/mol. The number of halogens is 1. The summed E-state index contributed by atoms with van der Waals surface area (Å²) in [6.07, 6.45) is 5.15. The number of hydrogen-bond acceptors (Lipinski definition) is 1. The van der Waals surface area contributed by atoms with Gasteiger partial charge in [-0.1, -0.05) is 18.2 Å². The summed E-state index contributed by atoms with van der Waals surface area (Å²) in [4.78, 5) is 0. The SMILES string of the molecule is CNCC1=CCC(F)C=C1. The van der Waals surface area contributed by atoms with Crippen LogP contribution in [-0.2, 0) is 0 Å². The molecule has 1 rings (SSSR count). The Morgan fingerprint density at radius 3 is 3.10 bits per heavy atom. The largest absolute Gasteiger partial charge is 0.316 e. The van der Waals surface area contributed by atoms with Crippen molar-refractivity contribution >= 4 is 0 Å². The maximum atomic E-state index is 12.4. The minimum atomic E-state index is -0.763. The van der Waals surface area contributed by atoms with E-state index in [2.05, 4.69) is 5.32 Å². The van der Waals surface area contributed by atoms with E-state index in [1.807, 2.05) is 19.2 Å². The lowest BCUT2D eigenvalue weighted by Gasteiger charge is -2.08. The molecular formula is C8H12FN. The third kappa shape index (κ3) is 1.95. The van der Waals surface area contributed by atoms with E-state index in [4.69, 9.17) is 0 Å². The molecule has 0 saturated heterocycles. The van der Waals surface area contributed by atoms with Crippen LogP contribution in [0.3, 0.4) is 0 Å². The van der Waals surface area contributed by atoms with E-state index in [9.17, 15) is 4.39 Å². The van der Waals surface area contributed by atoms with Crippen molar-refractivity contribution in [1.29, 1.82) is 0 Å². The summed E-state index contributed by atoms with van der Waals surface area (Å²) in [5.41, 5.74) is 1.18. The second-order valence-corrected chi connectivity index (χ2v) is 2.42. The lowest BCUT2D eigenvalue weighted by molar-refractivity contribution is 0.400. The van der Waals surface area contributed by atoms with E-state index in [-0.39, 0.29) is 0 Å². The van der Waals surface area contributed by atoms with Crippen LogP contribution in [0.25, 0.3) is 0 Å². The molecule has 1 nitrogen and oxygen atoms in total. The van der Waals surface area contributed by atoms with Crippen LogP contribution in [0.1, 0.15) is 6.42 Å². The zero-order valence-corrected chi connectivity index (χ0v) is 6.10. The molecule has 1 aliphatic rings. The zero-order valence-electron chi connectivity index (χ0n) is 6.10. The molecule has 0 heterocycles. The first-order valence-electron chi connectivity index (χ1n) is 3.49. The van der Waals surface area contributed by atoms with Crippen molar-refractivity contribution in [3.63, 3.8) is 0 Å². The summed E-state index contributed by atoms with van der Waals surface area (Å²) in [6.45, 7) is 0.837. The molecule has 2 heteroatoms. The molecule has 0 aromatic heterocycles. The van der Waals surface area contributed by atoms with Gasteiger partial charge in [-0.05, 0) is 12.6 Å². The van der Waals surface area contributed by atoms with Crippen LogP contribution in [0.5, 0.6) is 0 Å². The summed E-state index contributed by atoms with van der Waals surface area (Å²) in [5, 5.41) is 3.01. The van der Waals surface area contributed by atoms with Crippen molar-refractivity contribution in [1.82, 2.24) is 5.32 Å². The van der Waals surface area contributed by atoms with Crippen molar-refractivity contribution in [2.75, 3.05) is 13.6 Å². The molecule has 0 saturated carbocycles. The average Bonchev–Trinajstić information content (AvgIpc) is 1.95. The number of hydrogen-bond donors (Lipinski definition) is 1. The number of likely N-dealkylation sites (N-methyl/N-ethyl adjacent to an activating group) is 1. The summed E-state index contributed by atoms with van der Waals surface area (Å²) in [7, 11) is 1.89. The topological polar surface area (TPSA) is 12.0 Å². The predicted octanol–water partition coefficient (Wildman–Crippen LogP) is 1.43. The van der Waals surface area contributed by atoms with E-state index in [0.29, 0.717) is 6.42 Å². The molecule has 0 radical (unpaired) electrons. The van der Waals surface area contributed by atoms with Crippen molar-refractivity contribution < 1.29 is 4.39 Å². The Balaban J connectivity index is 2.42. The Morgan fingerprint density at radius 1 is 1.80 bits per heavy atom. The molecule has 56 valence electrons. The van der Waals surface area contributed by atoms with Crippen molar-refractivity contribution in [2.24, 2.45) is 0 Å². The lowest BCUT2D eigenvalue weighted by atomic mass is 10.1. The van der Waals surface area contributed by atoms with Gasteiger partial charge in [0.2, 0.25) is 0 Å². The third-order valence-electron chi connectivity index (χ3n) is 1.51. The van der Waals surface area contributed by atoms with Gasteiger partial charge in [0.05, 0.1) is 0 Å². The van der Waals surface area contributed by atoms with Gasteiger partial charge < -0.3 is 5.32 Å². The number of allylic oxidation sites excluding steroid dienone is 2. The Hall–Kier alpha value is -0.630. The van der Waals surface area contributed by atoms with Gasteiger partial charge in [0.25, 0.3) is 0 Å². The van der Waals surface area contributed by atoms with Crippen LogP contribution < -0.4 is 5.32 Å². The standard InChI is InChI=1S/C8H12FN/c1-10-6-7-2-4-8(9)5-3-7/h2-4,8,10H,5-6H2,1H3. The van der Waals surface area contributed by atoms with Crippen LogP contribution in [-0.4, -0.2) is 19.8 Å². The normalized spacial score (nSPS) is 24.6. The second-order valence-electron chi connectivity index (χ2n) is 2.42. The minimum absolute atomic E-state index is 0.535. The Kier molecular flexibility index (Phi) is 2.63. The van der Waals surface area contributed by atoms with Gasteiger partial charge in [0.1, 0.15) is 6.17 Å². The van der Waals surface area contributed by atoms with Gasteiger partial charge in [-0.25, -0.2) is 4.39 Å². The third-order valence-corrected chi connectivity index (χ3v) is 1.51. The molecule has 10 heavy (non-hydrogen) atoms. The molecule has 0 amide bonds. The highest BCUT2D eigenvalue weighted by molar-refractivity contribution is 5.25. The fourth-order valence-electron chi connectivity index (χ4n) is 0.974. The molecule has 0 spiro atoms. The molecule has 1 aliphatic carbocycles. The Morgan fingerprint density at radius 2 is 2.60 bits per heavy atom. The van der Waals surface area contributed by atoms with E-state index >= 15 is 0 Å². The van der Waals surface area contributed by atoms with Gasteiger partial charge in [-0.15, -0.1) is 0 Å². The summed E-state index contributed by atoms with van der Waals surface area (Å²) in [5.74, 6) is 0. The molecule has 1 atom stereocenters. The van der Waals surface area contributed by atoms with Gasteiger partial charge >= 0.3 is 0 Å². The van der Waals surface area contributed by atoms with Crippen LogP contribution in [0.4, 0.5) is 4.39 Å². The molecule has 0 fully saturated rings. The zero-order chi connectivity index (χ0) is 7.40. The molecule has 1 unspecified atom stereocenters. The monoisotopic (exact) mass is 141 g/mol. The van der Waals surface area contributed by atoms with E-state index in [1.165, 1.54) is 5.57 Å². The first-order chi connectivity index (χ1) is 4.83. The smallest absolute Gasteiger partial charge is 0.122 e. The Bertz CT molecular complexity index is 161. The fourth-order valence-corrected chi connectivity index (χ4v) is 0.974. The first-order valence-corrected chi connectivity index (χ1v) is 3.49. The summed E-state index contributed by atoms with van der Waals surface area (Å²) in [6, 6.07) is 0. The van der Waals surface area contributed by atoms with Crippen LogP contribution in [0, 0.1) is 0 Å². The quantitative estimate of drug-likeness (QED) is 0.613. The van der Waals surface area contributed by atoms with Gasteiger partial charge in [0.15, 0.2) is 0 Å². The van der Waals surface area contributed by atoms with Crippen molar-refractivity contribution in [2.45, 2.75) is 12.6 Å². The van der Waals surface area contributed by atoms with Crippen LogP contribution >= 0.6 is 0 Å². The molecular weight excluding hydrogens is 129 g/mol. The molecule has 1 N–H and O–H groups in total. The summed E-state index contributed by atoms with van der Waals surface area (Å²) < 4.78 is 12.4. The maximum absolute atomic E-state index is 12.4. The molecule has 0 aliphatic heterocycles. The predicted molar refractivity (Wildman–Crippen MR) is 40.7 cm³/mol. The van der Waals surface area contributed by atoms with Gasteiger partial charge in [-0.3, -0.25) is 0 Å². The van der Waals surface area contributed by atoms with E-state index in [1.54, 1.807) is 6.08 Å². The number of alkyl halides is 1. The highest BCUT2D eigenvalue weighted by Crippen LogP contribution is 2.11. The molecule has 0 aromatic carbocycles. The molecule has 0 aromatic rings. The Labute approximate surface area is 60.6 Å². The summed E-state index contributed by atoms with van der Waals surface area (Å²) >= 11 is 0. The highest BCUT2D eigenvalue weighted by Gasteiger charge is 2.04. The lowest BCUT2D eigenvalue weighted by Crippen LogP contribution is -2.11. The van der Waals surface area contributed by atoms with Crippen molar-refractivity contribution in [3.05, 3.63) is 23.8 Å². The fraction of sp³-hybridized carbons (Fsp3) is 0.500. The second kappa shape index (κ2) is 3.52. The number of nitrogens with one attached hydrogen (secondary N) is 1. The van der Waals surface area contributed by atoms with E-state index in [0.717, 1.165) is 6.54 Å². The van der Waals surface area contributed by atoms with Crippen LogP contribution in [0.15, 0.2) is 23.8 Å². The van der Waals surface area contributed by atoms with Gasteiger partial charge in [-0.2, -0.15) is 0 Å². The van der Waals surface area contributed by atoms with E-state index < -0.39 is 6.17 Å². The molecule has 0 bridgehead atoms. The van der Waals surface area contributed by atoms with Crippen LogP contribution in [0.2, 0.25) is 0 Å². The van der Waals surface area contributed by atoms with Gasteiger partial charge in [0, 0.05) is 13.0 Å². The minimum Gasteiger partial charge on any atom is -0.316 e.